The monoisotopic (exact) mass is 306 g/mol. The van der Waals surface area contributed by atoms with E-state index in [-0.39, 0.29) is 11.8 Å². The Balaban J connectivity index is 1.53. The van der Waals surface area contributed by atoms with Gasteiger partial charge in [-0.2, -0.15) is 5.26 Å². The van der Waals surface area contributed by atoms with Crippen molar-refractivity contribution in [2.75, 3.05) is 13.2 Å². The predicted molar refractivity (Wildman–Crippen MR) is 83.1 cm³/mol. The van der Waals surface area contributed by atoms with Crippen LogP contribution in [0.15, 0.2) is 48.5 Å². The molecule has 0 spiro atoms. The summed E-state index contributed by atoms with van der Waals surface area (Å²) in [6.45, 7) is 0.710. The van der Waals surface area contributed by atoms with Crippen LogP contribution in [-0.2, 0) is 0 Å². The van der Waals surface area contributed by atoms with Crippen LogP contribution < -0.4 is 4.74 Å². The second kappa shape index (κ2) is 6.32. The minimum absolute atomic E-state index is 0.246. The van der Waals surface area contributed by atoms with Crippen molar-refractivity contribution in [3.8, 4) is 11.8 Å². The van der Waals surface area contributed by atoms with Gasteiger partial charge in [0.2, 0.25) is 0 Å². The van der Waals surface area contributed by atoms with Gasteiger partial charge in [0.1, 0.15) is 5.75 Å². The molecule has 1 aliphatic rings. The second-order valence-electron chi connectivity index (χ2n) is 5.15. The Morgan fingerprint density at radius 2 is 1.57 bits per heavy atom. The molecule has 0 saturated carbocycles. The quantitative estimate of drug-likeness (QED) is 0.629. The predicted octanol–water partition coefficient (Wildman–Crippen LogP) is 2.62. The van der Waals surface area contributed by atoms with Crippen LogP contribution in [0.1, 0.15) is 32.7 Å². The molecule has 0 saturated heterocycles. The maximum atomic E-state index is 12.2. The Labute approximate surface area is 133 Å². The average molecular weight is 306 g/mol. The van der Waals surface area contributed by atoms with Gasteiger partial charge in [-0.05, 0) is 42.8 Å². The number of carbonyl (C=O) groups excluding carboxylic acids is 2. The van der Waals surface area contributed by atoms with Crippen molar-refractivity contribution >= 4 is 11.8 Å². The summed E-state index contributed by atoms with van der Waals surface area (Å²) >= 11 is 0. The zero-order valence-corrected chi connectivity index (χ0v) is 12.4. The molecule has 0 unspecified atom stereocenters. The zero-order valence-electron chi connectivity index (χ0n) is 12.4. The number of nitriles is 1. The lowest BCUT2D eigenvalue weighted by Crippen LogP contribution is -2.31. The maximum absolute atomic E-state index is 12.2. The fourth-order valence-electron chi connectivity index (χ4n) is 2.48. The van der Waals surface area contributed by atoms with Gasteiger partial charge in [-0.25, -0.2) is 0 Å². The van der Waals surface area contributed by atoms with E-state index in [1.807, 2.05) is 6.07 Å². The van der Waals surface area contributed by atoms with E-state index in [0.717, 1.165) is 0 Å². The highest BCUT2D eigenvalue weighted by Crippen LogP contribution is 2.22. The molecule has 23 heavy (non-hydrogen) atoms. The van der Waals surface area contributed by atoms with Gasteiger partial charge in [0.05, 0.1) is 29.4 Å². The summed E-state index contributed by atoms with van der Waals surface area (Å²) in [5, 5.41) is 8.73. The van der Waals surface area contributed by atoms with Crippen LogP contribution in [0.4, 0.5) is 0 Å². The summed E-state index contributed by atoms with van der Waals surface area (Å²) in [5.41, 5.74) is 1.50. The number of hydrogen-bond acceptors (Lipinski definition) is 4. The van der Waals surface area contributed by atoms with E-state index in [4.69, 9.17) is 10.00 Å². The highest BCUT2D eigenvalue weighted by atomic mass is 16.5. The van der Waals surface area contributed by atoms with Gasteiger partial charge in [-0.3, -0.25) is 14.5 Å². The van der Waals surface area contributed by atoms with E-state index in [9.17, 15) is 9.59 Å². The molecule has 0 radical (unpaired) electrons. The molecule has 1 aliphatic heterocycles. The van der Waals surface area contributed by atoms with E-state index >= 15 is 0 Å². The summed E-state index contributed by atoms with van der Waals surface area (Å²) in [5.74, 6) is 0.166. The van der Waals surface area contributed by atoms with Gasteiger partial charge in [0, 0.05) is 6.54 Å². The first-order valence-corrected chi connectivity index (χ1v) is 7.29. The van der Waals surface area contributed by atoms with Crippen LogP contribution >= 0.6 is 0 Å². The highest BCUT2D eigenvalue weighted by Gasteiger charge is 2.34. The number of benzene rings is 2. The van der Waals surface area contributed by atoms with Crippen LogP contribution in [-0.4, -0.2) is 29.9 Å². The molecular weight excluding hydrogens is 292 g/mol. The van der Waals surface area contributed by atoms with Gasteiger partial charge in [-0.1, -0.05) is 12.1 Å². The van der Waals surface area contributed by atoms with Crippen LogP contribution in [0.2, 0.25) is 0 Å². The van der Waals surface area contributed by atoms with E-state index in [0.29, 0.717) is 42.0 Å². The Morgan fingerprint density at radius 3 is 2.13 bits per heavy atom. The van der Waals surface area contributed by atoms with Crippen molar-refractivity contribution < 1.29 is 14.3 Å². The molecule has 0 bridgehead atoms. The fraction of sp³-hybridized carbons (Fsp3) is 0.167. The van der Waals surface area contributed by atoms with E-state index in [1.54, 1.807) is 48.5 Å². The van der Waals surface area contributed by atoms with Gasteiger partial charge in [0.25, 0.3) is 11.8 Å². The number of rotatable bonds is 5. The topological polar surface area (TPSA) is 70.4 Å². The first-order valence-electron chi connectivity index (χ1n) is 7.29. The number of imide groups is 1. The van der Waals surface area contributed by atoms with Gasteiger partial charge in [-0.15, -0.1) is 0 Å². The minimum Gasteiger partial charge on any atom is -0.494 e. The van der Waals surface area contributed by atoms with E-state index in [1.165, 1.54) is 4.90 Å². The highest BCUT2D eigenvalue weighted by molar-refractivity contribution is 6.21. The number of fused-ring (bicyclic) bond motifs is 1. The summed E-state index contributed by atoms with van der Waals surface area (Å²) in [4.78, 5) is 25.6. The summed E-state index contributed by atoms with van der Waals surface area (Å²) in [6, 6.07) is 15.7. The molecule has 3 rings (SSSR count). The van der Waals surface area contributed by atoms with Gasteiger partial charge in [0.15, 0.2) is 0 Å². The Kier molecular flexibility index (Phi) is 4.07. The normalized spacial score (nSPS) is 12.9. The summed E-state index contributed by atoms with van der Waals surface area (Å²) in [7, 11) is 0. The molecule has 5 nitrogen and oxygen atoms in total. The second-order valence-corrected chi connectivity index (χ2v) is 5.15. The molecular formula is C18H14N2O3. The lowest BCUT2D eigenvalue weighted by Gasteiger charge is -2.14. The Bertz CT molecular complexity index is 756. The van der Waals surface area contributed by atoms with E-state index < -0.39 is 0 Å². The van der Waals surface area contributed by atoms with Crippen LogP contribution in [0, 0.1) is 11.3 Å². The van der Waals surface area contributed by atoms with Crippen molar-refractivity contribution in [3.63, 3.8) is 0 Å². The molecule has 0 fully saturated rings. The van der Waals surface area contributed by atoms with Crippen LogP contribution in [0.3, 0.4) is 0 Å². The van der Waals surface area contributed by atoms with Crippen molar-refractivity contribution in [1.82, 2.24) is 4.90 Å². The van der Waals surface area contributed by atoms with Crippen molar-refractivity contribution in [2.45, 2.75) is 6.42 Å². The molecule has 0 N–H and O–H groups in total. The Morgan fingerprint density at radius 1 is 0.957 bits per heavy atom. The van der Waals surface area contributed by atoms with Gasteiger partial charge >= 0.3 is 0 Å². The largest absolute Gasteiger partial charge is 0.494 e. The zero-order chi connectivity index (χ0) is 16.2. The fourth-order valence-corrected chi connectivity index (χ4v) is 2.48. The first kappa shape index (κ1) is 14.8. The molecule has 1 heterocycles. The Hall–Kier alpha value is -3.13. The molecule has 5 heteroatoms. The molecule has 0 atom stereocenters. The number of carbonyl (C=O) groups is 2. The smallest absolute Gasteiger partial charge is 0.261 e. The van der Waals surface area contributed by atoms with Crippen molar-refractivity contribution in [3.05, 3.63) is 65.2 Å². The number of hydrogen-bond donors (Lipinski definition) is 0. The molecule has 114 valence electrons. The first-order chi connectivity index (χ1) is 11.2. The number of ether oxygens (including phenoxy) is 1. The number of nitrogens with zero attached hydrogens (tertiary/aromatic N) is 2. The average Bonchev–Trinajstić information content (AvgIpc) is 2.84. The van der Waals surface area contributed by atoms with Crippen molar-refractivity contribution in [2.24, 2.45) is 0 Å². The molecule has 2 aromatic carbocycles. The lowest BCUT2D eigenvalue weighted by molar-refractivity contribution is 0.0647. The minimum atomic E-state index is -0.246. The van der Waals surface area contributed by atoms with E-state index in [2.05, 4.69) is 0 Å². The third-order valence-corrected chi connectivity index (χ3v) is 3.66. The SMILES string of the molecule is N#Cc1ccc(OCCCN2C(=O)c3ccccc3C2=O)cc1. The molecule has 2 aromatic rings. The standard InChI is InChI=1S/C18H14N2O3/c19-12-13-6-8-14(9-7-13)23-11-3-10-20-17(21)15-4-1-2-5-16(15)18(20)22/h1-2,4-9H,3,10-11H2. The van der Waals surface area contributed by atoms with Crippen LogP contribution in [0.25, 0.3) is 0 Å². The summed E-state index contributed by atoms with van der Waals surface area (Å²) in [6.07, 6.45) is 0.547. The lowest BCUT2D eigenvalue weighted by atomic mass is 10.1. The third-order valence-electron chi connectivity index (χ3n) is 3.66. The molecule has 0 aliphatic carbocycles. The summed E-state index contributed by atoms with van der Waals surface area (Å²) < 4.78 is 5.55. The van der Waals surface area contributed by atoms with Crippen molar-refractivity contribution in [1.29, 1.82) is 5.26 Å². The molecule has 0 aromatic heterocycles. The maximum Gasteiger partial charge on any atom is 0.261 e. The van der Waals surface area contributed by atoms with Gasteiger partial charge < -0.3 is 4.74 Å². The van der Waals surface area contributed by atoms with Crippen LogP contribution in [0.5, 0.6) is 5.75 Å². The third kappa shape index (κ3) is 2.92. The molecule has 2 amide bonds. The number of amides is 2.